The highest BCUT2D eigenvalue weighted by Gasteiger charge is 2.10. The number of carboxylic acid groups (broad SMARTS) is 1. The molecule has 2 N–H and O–H groups in total. The number of carbonyl (C=O) groups is 2. The Morgan fingerprint density at radius 2 is 2.18 bits per heavy atom. The normalized spacial score (nSPS) is 9.76. The van der Waals surface area contributed by atoms with Crippen molar-refractivity contribution in [3.63, 3.8) is 0 Å². The van der Waals surface area contributed by atoms with E-state index in [1.54, 1.807) is 20.2 Å². The molecule has 0 saturated heterocycles. The summed E-state index contributed by atoms with van der Waals surface area (Å²) < 4.78 is 0. The van der Waals surface area contributed by atoms with Gasteiger partial charge < -0.3 is 15.3 Å². The third kappa shape index (κ3) is 3.75. The lowest BCUT2D eigenvalue weighted by molar-refractivity contribution is -0.128. The molecule has 0 radical (unpaired) electrons. The Morgan fingerprint density at radius 1 is 1.47 bits per heavy atom. The van der Waals surface area contributed by atoms with Crippen molar-refractivity contribution in [3.05, 3.63) is 24.0 Å². The van der Waals surface area contributed by atoms with Crippen molar-refractivity contribution in [1.29, 1.82) is 0 Å². The molecule has 0 aromatic carbocycles. The third-order valence-corrected chi connectivity index (χ3v) is 2.20. The number of rotatable bonds is 5. The zero-order valence-electron chi connectivity index (χ0n) is 9.80. The summed E-state index contributed by atoms with van der Waals surface area (Å²) in [5.74, 6) is -1.05. The van der Waals surface area contributed by atoms with E-state index in [1.165, 1.54) is 17.3 Å². The first kappa shape index (κ1) is 13.0. The first-order valence-corrected chi connectivity index (χ1v) is 5.13. The fourth-order valence-corrected chi connectivity index (χ4v) is 1.25. The van der Waals surface area contributed by atoms with E-state index < -0.39 is 5.97 Å². The van der Waals surface area contributed by atoms with Crippen LogP contribution in [0.3, 0.4) is 0 Å². The van der Waals surface area contributed by atoms with Gasteiger partial charge in [0.2, 0.25) is 5.91 Å². The molecule has 0 atom stereocenters. The van der Waals surface area contributed by atoms with Gasteiger partial charge in [-0.25, -0.2) is 4.79 Å². The van der Waals surface area contributed by atoms with Crippen LogP contribution in [0.15, 0.2) is 18.5 Å². The van der Waals surface area contributed by atoms with Gasteiger partial charge >= 0.3 is 5.97 Å². The van der Waals surface area contributed by atoms with E-state index in [4.69, 9.17) is 5.11 Å². The Labute approximate surface area is 99.3 Å². The second-order valence-corrected chi connectivity index (χ2v) is 3.69. The molecule has 0 spiro atoms. The van der Waals surface area contributed by atoms with E-state index >= 15 is 0 Å². The average Bonchev–Trinajstić information content (AvgIpc) is 2.29. The second-order valence-electron chi connectivity index (χ2n) is 3.69. The molecule has 92 valence electrons. The van der Waals surface area contributed by atoms with Crippen LogP contribution in [-0.2, 0) is 4.79 Å². The number of hydrogen-bond donors (Lipinski definition) is 2. The van der Waals surface area contributed by atoms with Gasteiger partial charge in [-0.2, -0.15) is 0 Å². The molecule has 0 aliphatic rings. The molecule has 0 bridgehead atoms. The minimum Gasteiger partial charge on any atom is -0.478 e. The van der Waals surface area contributed by atoms with E-state index in [-0.39, 0.29) is 11.5 Å². The predicted octanol–water partition coefficient (Wildman–Crippen LogP) is 0.670. The minimum absolute atomic E-state index is 0.0107. The standard InChI is InChI=1S/C11H15N3O3/c1-14(2)10(15)4-6-13-9-3-5-12-7-8(9)11(16)17/h3,5,7H,4,6H2,1-2H3,(H,12,13)(H,16,17). The van der Waals surface area contributed by atoms with Crippen LogP contribution in [0, 0.1) is 0 Å². The lowest BCUT2D eigenvalue weighted by Gasteiger charge is -2.12. The van der Waals surface area contributed by atoms with E-state index in [1.807, 2.05) is 0 Å². The smallest absolute Gasteiger partial charge is 0.339 e. The summed E-state index contributed by atoms with van der Waals surface area (Å²) in [4.78, 5) is 27.4. The number of nitrogens with one attached hydrogen (secondary N) is 1. The number of aromatic carboxylic acids is 1. The maximum absolute atomic E-state index is 11.3. The van der Waals surface area contributed by atoms with Gasteiger partial charge in [-0.15, -0.1) is 0 Å². The second kappa shape index (κ2) is 5.83. The van der Waals surface area contributed by atoms with Crippen LogP contribution < -0.4 is 5.32 Å². The third-order valence-electron chi connectivity index (χ3n) is 2.20. The molecular weight excluding hydrogens is 222 g/mol. The molecule has 17 heavy (non-hydrogen) atoms. The summed E-state index contributed by atoms with van der Waals surface area (Å²) in [6.45, 7) is 0.390. The van der Waals surface area contributed by atoms with Crippen molar-refractivity contribution in [3.8, 4) is 0 Å². The average molecular weight is 237 g/mol. The van der Waals surface area contributed by atoms with E-state index in [0.717, 1.165) is 0 Å². The number of carbonyl (C=O) groups excluding carboxylic acids is 1. The largest absolute Gasteiger partial charge is 0.478 e. The van der Waals surface area contributed by atoms with Gasteiger partial charge in [-0.05, 0) is 6.07 Å². The maximum Gasteiger partial charge on any atom is 0.339 e. The molecule has 1 aromatic heterocycles. The number of aromatic nitrogens is 1. The zero-order chi connectivity index (χ0) is 12.8. The van der Waals surface area contributed by atoms with Crippen molar-refractivity contribution >= 4 is 17.6 Å². The lowest BCUT2D eigenvalue weighted by atomic mass is 10.2. The molecule has 6 heteroatoms. The Bertz CT molecular complexity index is 418. The summed E-state index contributed by atoms with van der Waals surface area (Å²) in [5, 5.41) is 11.8. The van der Waals surface area contributed by atoms with Crippen molar-refractivity contribution in [2.45, 2.75) is 6.42 Å². The van der Waals surface area contributed by atoms with Gasteiger partial charge in [0.05, 0.1) is 5.69 Å². The van der Waals surface area contributed by atoms with Gasteiger partial charge in [0.1, 0.15) is 5.56 Å². The summed E-state index contributed by atoms with van der Waals surface area (Å²) in [7, 11) is 3.36. The van der Waals surface area contributed by atoms with Crippen molar-refractivity contribution in [2.24, 2.45) is 0 Å². The first-order valence-electron chi connectivity index (χ1n) is 5.13. The summed E-state index contributed by atoms with van der Waals surface area (Å²) >= 11 is 0. The molecular formula is C11H15N3O3. The monoisotopic (exact) mass is 237 g/mol. The highest BCUT2D eigenvalue weighted by molar-refractivity contribution is 5.93. The van der Waals surface area contributed by atoms with Gasteiger partial charge in [0.25, 0.3) is 0 Å². The van der Waals surface area contributed by atoms with Crippen LogP contribution in [0.4, 0.5) is 5.69 Å². The van der Waals surface area contributed by atoms with E-state index in [0.29, 0.717) is 18.7 Å². The number of anilines is 1. The molecule has 0 fully saturated rings. The Morgan fingerprint density at radius 3 is 2.76 bits per heavy atom. The predicted molar refractivity (Wildman–Crippen MR) is 63.0 cm³/mol. The number of pyridine rings is 1. The maximum atomic E-state index is 11.3. The molecule has 1 heterocycles. The van der Waals surface area contributed by atoms with Crippen LogP contribution in [0.25, 0.3) is 0 Å². The minimum atomic E-state index is -1.04. The Hall–Kier alpha value is -2.11. The van der Waals surface area contributed by atoms with Crippen molar-refractivity contribution in [1.82, 2.24) is 9.88 Å². The lowest BCUT2D eigenvalue weighted by Crippen LogP contribution is -2.24. The van der Waals surface area contributed by atoms with Crippen LogP contribution in [0.1, 0.15) is 16.8 Å². The number of hydrogen-bond acceptors (Lipinski definition) is 4. The van der Waals surface area contributed by atoms with Gasteiger partial charge in [-0.3, -0.25) is 9.78 Å². The summed E-state index contributed by atoms with van der Waals surface area (Å²) in [5.41, 5.74) is 0.573. The van der Waals surface area contributed by atoms with Gasteiger partial charge in [0.15, 0.2) is 0 Å². The van der Waals surface area contributed by atoms with Crippen LogP contribution in [0.5, 0.6) is 0 Å². The van der Waals surface area contributed by atoms with Gasteiger partial charge in [0, 0.05) is 39.5 Å². The molecule has 1 amide bonds. The SMILES string of the molecule is CN(C)C(=O)CCNc1ccncc1C(=O)O. The Kier molecular flexibility index (Phi) is 4.45. The fourth-order valence-electron chi connectivity index (χ4n) is 1.25. The Balaban J connectivity index is 2.58. The molecule has 6 nitrogen and oxygen atoms in total. The van der Waals surface area contributed by atoms with Crippen LogP contribution in [0.2, 0.25) is 0 Å². The molecule has 0 aliphatic heterocycles. The van der Waals surface area contributed by atoms with E-state index in [2.05, 4.69) is 10.3 Å². The van der Waals surface area contributed by atoms with Crippen LogP contribution >= 0.6 is 0 Å². The van der Waals surface area contributed by atoms with Crippen LogP contribution in [-0.4, -0.2) is 47.5 Å². The highest BCUT2D eigenvalue weighted by Crippen LogP contribution is 2.13. The fraction of sp³-hybridized carbons (Fsp3) is 0.364. The van der Waals surface area contributed by atoms with Crippen molar-refractivity contribution < 1.29 is 14.7 Å². The zero-order valence-corrected chi connectivity index (χ0v) is 9.80. The van der Waals surface area contributed by atoms with Crippen molar-refractivity contribution in [2.75, 3.05) is 26.0 Å². The highest BCUT2D eigenvalue weighted by atomic mass is 16.4. The number of nitrogens with zero attached hydrogens (tertiary/aromatic N) is 2. The molecule has 0 unspecified atom stereocenters. The summed E-state index contributed by atoms with van der Waals surface area (Å²) in [6, 6.07) is 1.57. The molecule has 1 aromatic rings. The first-order chi connectivity index (χ1) is 8.02. The number of amides is 1. The number of carboxylic acids is 1. The molecule has 1 rings (SSSR count). The molecule has 0 aliphatic carbocycles. The summed E-state index contributed by atoms with van der Waals surface area (Å²) in [6.07, 6.45) is 3.09. The van der Waals surface area contributed by atoms with E-state index in [9.17, 15) is 9.59 Å². The molecule has 0 saturated carbocycles. The topological polar surface area (TPSA) is 82.5 Å². The quantitative estimate of drug-likeness (QED) is 0.786. The van der Waals surface area contributed by atoms with Gasteiger partial charge in [-0.1, -0.05) is 0 Å².